The first kappa shape index (κ1) is 21.8. The van der Waals surface area contributed by atoms with Crippen molar-refractivity contribution in [1.82, 2.24) is 4.90 Å². The highest BCUT2D eigenvalue weighted by molar-refractivity contribution is 8.13. The summed E-state index contributed by atoms with van der Waals surface area (Å²) in [5.74, 6) is -0.807. The van der Waals surface area contributed by atoms with Crippen LogP contribution in [0.2, 0.25) is 0 Å². The number of thioether (sulfide) groups is 1. The Labute approximate surface area is 179 Å². The Morgan fingerprint density at radius 3 is 2.67 bits per heavy atom. The Morgan fingerprint density at radius 1 is 1.27 bits per heavy atom. The van der Waals surface area contributed by atoms with E-state index >= 15 is 0 Å². The van der Waals surface area contributed by atoms with E-state index in [2.05, 4.69) is 0 Å². The first-order chi connectivity index (χ1) is 14.4. The number of esters is 1. The number of ether oxygens (including phenoxy) is 2. The summed E-state index contributed by atoms with van der Waals surface area (Å²) in [7, 11) is 0. The fourth-order valence-corrected chi connectivity index (χ4v) is 3.89. The van der Waals surface area contributed by atoms with Crippen LogP contribution in [0.15, 0.2) is 48.2 Å². The predicted molar refractivity (Wildman–Crippen MR) is 115 cm³/mol. The van der Waals surface area contributed by atoms with Crippen molar-refractivity contribution < 1.29 is 23.9 Å². The van der Waals surface area contributed by atoms with E-state index in [1.165, 1.54) is 11.8 Å². The van der Waals surface area contributed by atoms with E-state index in [0.717, 1.165) is 5.57 Å². The molecule has 1 aliphatic carbocycles. The Morgan fingerprint density at radius 2 is 2.00 bits per heavy atom. The van der Waals surface area contributed by atoms with Crippen LogP contribution in [0.1, 0.15) is 17.3 Å². The van der Waals surface area contributed by atoms with Gasteiger partial charge in [-0.1, -0.05) is 12.2 Å². The zero-order valence-corrected chi connectivity index (χ0v) is 17.7. The molecule has 0 saturated heterocycles. The Bertz CT molecular complexity index is 907. The smallest absolute Gasteiger partial charge is 0.344 e. The monoisotopic (exact) mass is 428 g/mol. The number of carbonyl (C=O) groups excluding carboxylic acids is 3. The second kappa shape index (κ2) is 9.75. The fraction of sp³-hybridized carbons (Fsp3) is 0.364. The number of nitrogens with zero attached hydrogens (tertiary/aromatic N) is 1. The average molecular weight is 429 g/mol. The maximum absolute atomic E-state index is 12.7. The molecule has 0 saturated carbocycles. The molecule has 1 aromatic carbocycles. The molecule has 2 unspecified atom stereocenters. The Hall–Kier alpha value is -2.87. The summed E-state index contributed by atoms with van der Waals surface area (Å²) >= 11 is 1.27. The van der Waals surface area contributed by atoms with E-state index < -0.39 is 11.9 Å². The summed E-state index contributed by atoms with van der Waals surface area (Å²) in [5, 5.41) is 8.29. The van der Waals surface area contributed by atoms with Gasteiger partial charge in [-0.25, -0.2) is 4.79 Å². The van der Waals surface area contributed by atoms with Crippen molar-refractivity contribution in [3.05, 3.63) is 53.8 Å². The molecule has 1 aromatic rings. The summed E-state index contributed by atoms with van der Waals surface area (Å²) < 4.78 is 10.1. The molecule has 2 atom stereocenters. The number of Topliss-reactive ketones (excluding diaryl/α,β-unsaturated/α-hetero) is 2. The predicted octanol–water partition coefficient (Wildman–Crippen LogP) is 2.72. The highest BCUT2D eigenvalue weighted by atomic mass is 32.2. The first-order valence-corrected chi connectivity index (χ1v) is 10.9. The van der Waals surface area contributed by atoms with Crippen molar-refractivity contribution in [2.24, 2.45) is 11.8 Å². The van der Waals surface area contributed by atoms with Gasteiger partial charge >= 0.3 is 5.97 Å². The summed E-state index contributed by atoms with van der Waals surface area (Å²) in [6, 6.07) is 6.58. The maximum atomic E-state index is 12.7. The summed E-state index contributed by atoms with van der Waals surface area (Å²) in [5.41, 5.74) is 1.41. The molecular formula is C22H24N2O5S. The number of benzene rings is 1. The van der Waals surface area contributed by atoms with E-state index in [1.807, 2.05) is 17.2 Å². The van der Waals surface area contributed by atoms with Gasteiger partial charge in [0.1, 0.15) is 5.75 Å². The number of nitrogens with one attached hydrogen (secondary N) is 1. The number of hydrogen-bond donors (Lipinski definition) is 1. The molecule has 0 bridgehead atoms. The van der Waals surface area contributed by atoms with Crippen molar-refractivity contribution in [2.75, 3.05) is 32.6 Å². The molecule has 0 fully saturated rings. The van der Waals surface area contributed by atoms with Crippen LogP contribution >= 0.6 is 11.8 Å². The van der Waals surface area contributed by atoms with Gasteiger partial charge in [0.05, 0.1) is 30.0 Å². The molecule has 0 aromatic heterocycles. The van der Waals surface area contributed by atoms with Crippen LogP contribution in [0.3, 0.4) is 0 Å². The number of ketones is 2. The van der Waals surface area contributed by atoms with Crippen molar-refractivity contribution in [2.45, 2.75) is 6.92 Å². The number of allylic oxidation sites excluding steroid dienone is 2. The minimum absolute atomic E-state index is 0.0150. The molecule has 7 nitrogen and oxygen atoms in total. The lowest BCUT2D eigenvalue weighted by Crippen LogP contribution is -2.34. The van der Waals surface area contributed by atoms with Gasteiger partial charge in [0, 0.05) is 18.3 Å². The number of hydrogen-bond acceptors (Lipinski definition) is 8. The third-order valence-electron chi connectivity index (χ3n) is 4.97. The van der Waals surface area contributed by atoms with E-state index in [4.69, 9.17) is 14.9 Å². The second-order valence-corrected chi connectivity index (χ2v) is 7.81. The Kier molecular flexibility index (Phi) is 7.10. The van der Waals surface area contributed by atoms with Gasteiger partial charge in [0.25, 0.3) is 0 Å². The quantitative estimate of drug-likeness (QED) is 0.294. The molecule has 2 aliphatic rings. The summed E-state index contributed by atoms with van der Waals surface area (Å²) in [4.78, 5) is 38.5. The second-order valence-electron chi connectivity index (χ2n) is 6.96. The van der Waals surface area contributed by atoms with Crippen LogP contribution in [-0.2, 0) is 14.3 Å². The van der Waals surface area contributed by atoms with Gasteiger partial charge in [-0.2, -0.15) is 0 Å². The SMILES string of the molecule is CCOC(=O)COc1ccc(C(=O)CN2C=C3C=CC(C(=N)SC)C(=O)C3C2)cc1. The van der Waals surface area contributed by atoms with Crippen molar-refractivity contribution in [3.63, 3.8) is 0 Å². The van der Waals surface area contributed by atoms with Crippen LogP contribution in [0.25, 0.3) is 0 Å². The van der Waals surface area contributed by atoms with Crippen LogP contribution < -0.4 is 4.74 Å². The van der Waals surface area contributed by atoms with E-state index in [9.17, 15) is 14.4 Å². The molecule has 8 heteroatoms. The molecule has 158 valence electrons. The molecule has 1 aliphatic heterocycles. The van der Waals surface area contributed by atoms with Crippen LogP contribution in [0, 0.1) is 17.2 Å². The number of rotatable bonds is 8. The molecule has 1 N–H and O–H groups in total. The van der Waals surface area contributed by atoms with Gasteiger partial charge < -0.3 is 14.4 Å². The van der Waals surface area contributed by atoms with Crippen molar-refractivity contribution in [3.8, 4) is 5.75 Å². The number of fused-ring (bicyclic) bond motifs is 1. The average Bonchev–Trinajstić information content (AvgIpc) is 3.16. The largest absolute Gasteiger partial charge is 0.482 e. The molecule has 1 heterocycles. The van der Waals surface area contributed by atoms with Gasteiger partial charge in [-0.05, 0) is 43.0 Å². The summed E-state index contributed by atoms with van der Waals surface area (Å²) in [6.45, 7) is 2.45. The summed E-state index contributed by atoms with van der Waals surface area (Å²) in [6.07, 6.45) is 7.31. The zero-order valence-electron chi connectivity index (χ0n) is 16.9. The van der Waals surface area contributed by atoms with E-state index in [1.54, 1.807) is 43.5 Å². The van der Waals surface area contributed by atoms with Gasteiger partial charge in [-0.15, -0.1) is 11.8 Å². The highest BCUT2D eigenvalue weighted by Crippen LogP contribution is 2.32. The minimum Gasteiger partial charge on any atom is -0.482 e. The van der Waals surface area contributed by atoms with Crippen LogP contribution in [0.4, 0.5) is 0 Å². The first-order valence-electron chi connectivity index (χ1n) is 9.64. The Balaban J connectivity index is 1.56. The standard InChI is InChI=1S/C22H24N2O5S/c1-3-28-20(26)13-29-16-7-4-14(5-8-16)19(25)12-24-10-15-6-9-17(22(23)30-2)21(27)18(15)11-24/h4-10,17-18,23H,3,11-13H2,1-2H3. The maximum Gasteiger partial charge on any atom is 0.344 e. The van der Waals surface area contributed by atoms with Gasteiger partial charge in [0.2, 0.25) is 0 Å². The topological polar surface area (TPSA) is 96.8 Å². The number of carbonyl (C=O) groups is 3. The third kappa shape index (κ3) is 4.99. The minimum atomic E-state index is -0.486. The van der Waals surface area contributed by atoms with Gasteiger partial charge in [-0.3, -0.25) is 15.0 Å². The van der Waals surface area contributed by atoms with Crippen molar-refractivity contribution in [1.29, 1.82) is 5.41 Å². The fourth-order valence-electron chi connectivity index (χ4n) is 3.44. The zero-order chi connectivity index (χ0) is 21.7. The van der Waals surface area contributed by atoms with E-state index in [0.29, 0.717) is 29.5 Å². The van der Waals surface area contributed by atoms with E-state index in [-0.39, 0.29) is 30.6 Å². The lowest BCUT2D eigenvalue weighted by Gasteiger charge is -2.23. The van der Waals surface area contributed by atoms with Crippen LogP contribution in [0.5, 0.6) is 5.75 Å². The molecule has 0 radical (unpaired) electrons. The van der Waals surface area contributed by atoms with Crippen LogP contribution in [-0.4, -0.2) is 60.0 Å². The lowest BCUT2D eigenvalue weighted by atomic mass is 9.84. The third-order valence-corrected chi connectivity index (χ3v) is 5.66. The molecule has 0 spiro atoms. The normalized spacial score (nSPS) is 19.9. The molecule has 30 heavy (non-hydrogen) atoms. The molecular weight excluding hydrogens is 404 g/mol. The molecule has 0 amide bonds. The van der Waals surface area contributed by atoms with Gasteiger partial charge in [0.15, 0.2) is 18.2 Å². The lowest BCUT2D eigenvalue weighted by molar-refractivity contribution is -0.145. The molecule has 3 rings (SSSR count). The van der Waals surface area contributed by atoms with Crippen molar-refractivity contribution >= 4 is 34.3 Å². The highest BCUT2D eigenvalue weighted by Gasteiger charge is 2.37.